The van der Waals surface area contributed by atoms with Crippen LogP contribution in [0.2, 0.25) is 0 Å². The standard InChI is InChI=1S/C27H25NO6/c1-32-19-12-13-21(22(16-19)33-2)25-28(24(29)18-9-4-3-5-10-18)23-20-11-7-6-8-17(20)14-15-27(23,34-25)26(30)31/h3-13,16,23,25H,14-15H2,1-2H3,(H,30,31)/t23-,25?,27+/m0/s1. The number of carboxylic acids is 1. The Morgan fingerprint density at radius 1 is 0.971 bits per heavy atom. The first-order valence-electron chi connectivity index (χ1n) is 11.1. The second kappa shape index (κ2) is 8.50. The molecule has 5 rings (SSSR count). The van der Waals surface area contributed by atoms with Gasteiger partial charge in [0.05, 0.1) is 14.2 Å². The molecule has 3 atom stereocenters. The van der Waals surface area contributed by atoms with Crippen molar-refractivity contribution in [3.8, 4) is 11.5 Å². The van der Waals surface area contributed by atoms with Gasteiger partial charge in [0.2, 0.25) is 0 Å². The number of carbonyl (C=O) groups excluding carboxylic acids is 1. The van der Waals surface area contributed by atoms with Gasteiger partial charge in [-0.15, -0.1) is 0 Å². The predicted octanol–water partition coefficient (Wildman–Crippen LogP) is 4.39. The number of amides is 1. The van der Waals surface area contributed by atoms with Gasteiger partial charge < -0.3 is 19.3 Å². The molecule has 1 amide bonds. The van der Waals surface area contributed by atoms with Crippen LogP contribution in [0, 0.1) is 0 Å². The highest BCUT2D eigenvalue weighted by molar-refractivity contribution is 5.96. The first kappa shape index (κ1) is 22.0. The predicted molar refractivity (Wildman–Crippen MR) is 124 cm³/mol. The van der Waals surface area contributed by atoms with Crippen molar-refractivity contribution in [1.82, 2.24) is 4.90 Å². The van der Waals surface area contributed by atoms with Crippen LogP contribution >= 0.6 is 0 Å². The molecule has 0 saturated carbocycles. The highest BCUT2D eigenvalue weighted by Gasteiger charge is 2.62. The van der Waals surface area contributed by atoms with Crippen molar-refractivity contribution in [2.24, 2.45) is 0 Å². The van der Waals surface area contributed by atoms with Gasteiger partial charge in [-0.1, -0.05) is 42.5 Å². The lowest BCUT2D eigenvalue weighted by molar-refractivity contribution is -0.168. The average Bonchev–Trinajstić information content (AvgIpc) is 3.25. The molecule has 0 aromatic heterocycles. The van der Waals surface area contributed by atoms with E-state index in [4.69, 9.17) is 14.2 Å². The lowest BCUT2D eigenvalue weighted by Gasteiger charge is -2.38. The minimum Gasteiger partial charge on any atom is -0.497 e. The molecule has 1 aliphatic carbocycles. The van der Waals surface area contributed by atoms with E-state index in [1.165, 1.54) is 7.11 Å². The topological polar surface area (TPSA) is 85.3 Å². The SMILES string of the molecule is COc1ccc(C2O[C@]3(C(=O)O)CCc4ccccc4[C@@H]3N2C(=O)c2ccccc2)c(OC)c1. The van der Waals surface area contributed by atoms with Gasteiger partial charge in [-0.2, -0.15) is 0 Å². The van der Waals surface area contributed by atoms with Crippen molar-refractivity contribution < 1.29 is 28.9 Å². The van der Waals surface area contributed by atoms with E-state index in [-0.39, 0.29) is 12.3 Å². The molecule has 1 N–H and O–H groups in total. The molecule has 3 aromatic carbocycles. The summed E-state index contributed by atoms with van der Waals surface area (Å²) in [4.78, 5) is 28.3. The molecule has 2 aliphatic rings. The highest BCUT2D eigenvalue weighted by Crippen LogP contribution is 2.56. The second-order valence-corrected chi connectivity index (χ2v) is 8.45. The number of fused-ring (bicyclic) bond motifs is 3. The van der Waals surface area contributed by atoms with Gasteiger partial charge in [0, 0.05) is 17.2 Å². The van der Waals surface area contributed by atoms with Crippen LogP contribution in [0.3, 0.4) is 0 Å². The zero-order valence-electron chi connectivity index (χ0n) is 18.9. The van der Waals surface area contributed by atoms with Crippen molar-refractivity contribution in [2.45, 2.75) is 30.7 Å². The number of carbonyl (C=O) groups is 2. The number of methoxy groups -OCH3 is 2. The lowest BCUT2D eigenvalue weighted by atomic mass is 9.76. The Balaban J connectivity index is 1.73. The number of benzene rings is 3. The van der Waals surface area contributed by atoms with Gasteiger partial charge in [0.25, 0.3) is 5.91 Å². The number of rotatable bonds is 5. The number of aliphatic carboxylic acids is 1. The number of carboxylic acid groups (broad SMARTS) is 1. The molecule has 0 spiro atoms. The normalized spacial score (nSPS) is 23.1. The molecule has 1 saturated heterocycles. The van der Waals surface area contributed by atoms with E-state index in [1.54, 1.807) is 54.5 Å². The Bertz CT molecular complexity index is 1240. The maximum atomic E-state index is 14.0. The van der Waals surface area contributed by atoms with Crippen molar-refractivity contribution in [3.05, 3.63) is 95.1 Å². The maximum absolute atomic E-state index is 14.0. The van der Waals surface area contributed by atoms with Crippen molar-refractivity contribution in [3.63, 3.8) is 0 Å². The fraction of sp³-hybridized carbons (Fsp3) is 0.259. The number of hydrogen-bond acceptors (Lipinski definition) is 5. The molecule has 174 valence electrons. The van der Waals surface area contributed by atoms with E-state index in [9.17, 15) is 14.7 Å². The molecule has 1 aliphatic heterocycles. The molecule has 34 heavy (non-hydrogen) atoms. The van der Waals surface area contributed by atoms with Crippen LogP contribution in [-0.2, 0) is 16.0 Å². The third-order valence-corrected chi connectivity index (χ3v) is 6.73. The molecule has 1 unspecified atom stereocenters. The molecular formula is C27H25NO6. The highest BCUT2D eigenvalue weighted by atomic mass is 16.6. The summed E-state index contributed by atoms with van der Waals surface area (Å²) in [5.74, 6) is -0.376. The summed E-state index contributed by atoms with van der Waals surface area (Å²) in [7, 11) is 3.07. The number of hydrogen-bond donors (Lipinski definition) is 1. The quantitative estimate of drug-likeness (QED) is 0.609. The molecule has 3 aromatic rings. The van der Waals surface area contributed by atoms with E-state index in [1.807, 2.05) is 30.3 Å². The monoisotopic (exact) mass is 459 g/mol. The van der Waals surface area contributed by atoms with Crippen LogP contribution in [0.25, 0.3) is 0 Å². The third kappa shape index (κ3) is 3.31. The van der Waals surface area contributed by atoms with Crippen LogP contribution in [0.4, 0.5) is 0 Å². The fourth-order valence-electron chi connectivity index (χ4n) is 5.09. The lowest BCUT2D eigenvalue weighted by Crippen LogP contribution is -2.49. The van der Waals surface area contributed by atoms with Gasteiger partial charge in [-0.05, 0) is 48.2 Å². The van der Waals surface area contributed by atoms with Crippen LogP contribution in [0.1, 0.15) is 45.7 Å². The number of aryl methyl sites for hydroxylation is 1. The van der Waals surface area contributed by atoms with Gasteiger partial charge >= 0.3 is 5.97 Å². The Morgan fingerprint density at radius 3 is 2.41 bits per heavy atom. The first-order valence-corrected chi connectivity index (χ1v) is 11.1. The molecule has 1 fully saturated rings. The Morgan fingerprint density at radius 2 is 1.71 bits per heavy atom. The van der Waals surface area contributed by atoms with E-state index < -0.39 is 23.8 Å². The Hall–Kier alpha value is -3.84. The van der Waals surface area contributed by atoms with E-state index >= 15 is 0 Å². The summed E-state index contributed by atoms with van der Waals surface area (Å²) in [6.45, 7) is 0. The van der Waals surface area contributed by atoms with Crippen LogP contribution in [0.15, 0.2) is 72.8 Å². The van der Waals surface area contributed by atoms with Crippen LogP contribution in [-0.4, -0.2) is 41.7 Å². The largest absolute Gasteiger partial charge is 0.497 e. The van der Waals surface area contributed by atoms with Gasteiger partial charge in [0.1, 0.15) is 17.5 Å². The Labute approximate surface area is 197 Å². The number of nitrogens with zero attached hydrogens (tertiary/aromatic N) is 1. The zero-order valence-corrected chi connectivity index (χ0v) is 18.9. The minimum absolute atomic E-state index is 0.248. The fourth-order valence-corrected chi connectivity index (χ4v) is 5.09. The van der Waals surface area contributed by atoms with Crippen LogP contribution < -0.4 is 9.47 Å². The second-order valence-electron chi connectivity index (χ2n) is 8.45. The summed E-state index contributed by atoms with van der Waals surface area (Å²) in [6.07, 6.45) is -0.183. The first-order chi connectivity index (χ1) is 16.5. The molecule has 7 nitrogen and oxygen atoms in total. The summed E-state index contributed by atoms with van der Waals surface area (Å²) >= 11 is 0. The van der Waals surface area contributed by atoms with E-state index in [0.717, 1.165) is 11.1 Å². The smallest absolute Gasteiger partial charge is 0.338 e. The average molecular weight is 459 g/mol. The summed E-state index contributed by atoms with van der Waals surface area (Å²) < 4.78 is 17.3. The number of ether oxygens (including phenoxy) is 3. The molecule has 7 heteroatoms. The van der Waals surface area contributed by atoms with Crippen molar-refractivity contribution in [1.29, 1.82) is 0 Å². The van der Waals surface area contributed by atoms with E-state index in [2.05, 4.69) is 0 Å². The van der Waals surface area contributed by atoms with Crippen molar-refractivity contribution >= 4 is 11.9 Å². The molecule has 1 heterocycles. The maximum Gasteiger partial charge on any atom is 0.338 e. The van der Waals surface area contributed by atoms with Gasteiger partial charge in [-0.25, -0.2) is 4.79 Å². The Kier molecular flexibility index (Phi) is 5.49. The summed E-state index contributed by atoms with van der Waals surface area (Å²) in [6, 6.07) is 20.9. The molecular weight excluding hydrogens is 434 g/mol. The van der Waals surface area contributed by atoms with E-state index in [0.29, 0.717) is 29.0 Å². The zero-order chi connectivity index (χ0) is 23.9. The molecule has 0 bridgehead atoms. The van der Waals surface area contributed by atoms with Gasteiger partial charge in [0.15, 0.2) is 11.8 Å². The minimum atomic E-state index is -1.59. The van der Waals surface area contributed by atoms with Crippen molar-refractivity contribution in [2.75, 3.05) is 14.2 Å². The van der Waals surface area contributed by atoms with Gasteiger partial charge in [-0.3, -0.25) is 9.69 Å². The van der Waals surface area contributed by atoms with Crippen LogP contribution in [0.5, 0.6) is 11.5 Å². The third-order valence-electron chi connectivity index (χ3n) is 6.73. The summed E-state index contributed by atoms with van der Waals surface area (Å²) in [5, 5.41) is 10.5. The summed E-state index contributed by atoms with van der Waals surface area (Å²) in [5.41, 5.74) is 1.22. The molecule has 0 radical (unpaired) electrons.